The average molecular weight is 303 g/mol. The van der Waals surface area contributed by atoms with Gasteiger partial charge in [0.1, 0.15) is 0 Å². The lowest BCUT2D eigenvalue weighted by Gasteiger charge is -2.12. The Morgan fingerprint density at radius 1 is 0.833 bits per heavy atom. The standard InChI is InChI=1S/C12H8Cl2O3S/c13-7-1-3-9(15)11(5-7)18(17)12-6-8(14)2-4-10(12)16/h1-6,15-16H. The van der Waals surface area contributed by atoms with E-state index in [0.717, 1.165) is 0 Å². The van der Waals surface area contributed by atoms with Gasteiger partial charge in [-0.15, -0.1) is 0 Å². The molecular weight excluding hydrogens is 295 g/mol. The van der Waals surface area contributed by atoms with E-state index in [0.29, 0.717) is 10.0 Å². The van der Waals surface area contributed by atoms with E-state index in [1.165, 1.54) is 36.4 Å². The van der Waals surface area contributed by atoms with Crippen molar-refractivity contribution < 1.29 is 14.8 Å². The number of phenolic OH excluding ortho intramolecular Hbond substituents is 2. The second kappa shape index (κ2) is 5.28. The molecule has 0 atom stereocenters. The highest BCUT2D eigenvalue weighted by atomic mass is 35.5. The molecule has 0 aliphatic carbocycles. The van der Waals surface area contributed by atoms with E-state index in [9.17, 15) is 14.8 Å². The minimum Gasteiger partial charge on any atom is -0.606 e. The molecule has 2 aromatic carbocycles. The Balaban J connectivity index is 2.50. The van der Waals surface area contributed by atoms with Crippen LogP contribution in [0.4, 0.5) is 0 Å². The first kappa shape index (κ1) is 13.4. The van der Waals surface area contributed by atoms with Crippen LogP contribution in [-0.2, 0) is 11.2 Å². The first-order chi connectivity index (χ1) is 8.49. The number of halogens is 2. The van der Waals surface area contributed by atoms with E-state index < -0.39 is 11.2 Å². The third-order valence-electron chi connectivity index (χ3n) is 2.24. The second-order valence-electron chi connectivity index (χ2n) is 3.49. The van der Waals surface area contributed by atoms with E-state index in [2.05, 4.69) is 0 Å². The normalized spacial score (nSPS) is 10.9. The molecule has 0 heterocycles. The Labute approximate surface area is 117 Å². The lowest BCUT2D eigenvalue weighted by Crippen LogP contribution is -2.03. The van der Waals surface area contributed by atoms with Crippen LogP contribution in [0, 0.1) is 0 Å². The van der Waals surface area contributed by atoms with Gasteiger partial charge in [-0.1, -0.05) is 23.2 Å². The number of benzene rings is 2. The van der Waals surface area contributed by atoms with Gasteiger partial charge < -0.3 is 14.8 Å². The fraction of sp³-hybridized carbons (Fsp3) is 0. The minimum atomic E-state index is -1.76. The first-order valence-corrected chi connectivity index (χ1v) is 6.78. The van der Waals surface area contributed by atoms with Crippen molar-refractivity contribution in [3.8, 4) is 11.5 Å². The fourth-order valence-corrected chi connectivity index (χ4v) is 3.09. The van der Waals surface area contributed by atoms with Gasteiger partial charge in [0.25, 0.3) is 0 Å². The zero-order chi connectivity index (χ0) is 13.3. The summed E-state index contributed by atoms with van der Waals surface area (Å²) in [7, 11) is 0. The Morgan fingerprint density at radius 3 is 1.61 bits per heavy atom. The SMILES string of the molecule is [O-][S+](c1cc(Cl)ccc1O)c1cc(Cl)ccc1O. The highest BCUT2D eigenvalue weighted by molar-refractivity contribution is 7.91. The maximum absolute atomic E-state index is 12.3. The number of aromatic hydroxyl groups is 2. The van der Waals surface area contributed by atoms with E-state index in [4.69, 9.17) is 23.2 Å². The fourth-order valence-electron chi connectivity index (χ4n) is 1.39. The molecule has 0 aliphatic rings. The first-order valence-electron chi connectivity index (χ1n) is 4.88. The summed E-state index contributed by atoms with van der Waals surface area (Å²) in [5.74, 6) is -0.311. The zero-order valence-electron chi connectivity index (χ0n) is 8.93. The van der Waals surface area contributed by atoms with Crippen LogP contribution >= 0.6 is 23.2 Å². The molecular formula is C12H8Cl2O3S. The molecule has 2 rings (SSSR count). The topological polar surface area (TPSA) is 63.5 Å². The maximum Gasteiger partial charge on any atom is 0.201 e. The maximum atomic E-state index is 12.3. The quantitative estimate of drug-likeness (QED) is 0.834. The Hall–Kier alpha value is -1.07. The summed E-state index contributed by atoms with van der Waals surface area (Å²) in [4.78, 5) is 0.250. The number of hydrogen-bond donors (Lipinski definition) is 2. The van der Waals surface area contributed by atoms with Crippen LogP contribution in [0.15, 0.2) is 46.2 Å². The lowest BCUT2D eigenvalue weighted by molar-refractivity contribution is 0.452. The molecule has 0 fully saturated rings. The van der Waals surface area contributed by atoms with E-state index >= 15 is 0 Å². The summed E-state index contributed by atoms with van der Waals surface area (Å²) in [5.41, 5.74) is 0. The average Bonchev–Trinajstić information content (AvgIpc) is 2.34. The molecule has 2 aromatic rings. The van der Waals surface area contributed by atoms with Crippen molar-refractivity contribution in [1.29, 1.82) is 0 Å². The number of rotatable bonds is 2. The monoisotopic (exact) mass is 302 g/mol. The third kappa shape index (κ3) is 2.67. The van der Waals surface area contributed by atoms with Crippen LogP contribution < -0.4 is 0 Å². The molecule has 2 N–H and O–H groups in total. The van der Waals surface area contributed by atoms with Gasteiger partial charge in [0, 0.05) is 33.4 Å². The van der Waals surface area contributed by atoms with E-state index in [1.54, 1.807) is 0 Å². The van der Waals surface area contributed by atoms with Crippen molar-refractivity contribution in [2.24, 2.45) is 0 Å². The van der Waals surface area contributed by atoms with Crippen LogP contribution in [0.3, 0.4) is 0 Å². The van der Waals surface area contributed by atoms with Crippen LogP contribution in [-0.4, -0.2) is 14.8 Å². The van der Waals surface area contributed by atoms with Crippen LogP contribution in [0.25, 0.3) is 0 Å². The van der Waals surface area contributed by atoms with Gasteiger partial charge >= 0.3 is 0 Å². The van der Waals surface area contributed by atoms with Crippen molar-refractivity contribution in [2.45, 2.75) is 9.79 Å². The molecule has 0 aliphatic heterocycles. The van der Waals surface area contributed by atoms with Gasteiger partial charge in [-0.2, -0.15) is 0 Å². The van der Waals surface area contributed by atoms with Crippen molar-refractivity contribution in [3.63, 3.8) is 0 Å². The summed E-state index contributed by atoms with van der Waals surface area (Å²) in [6.07, 6.45) is 0. The van der Waals surface area contributed by atoms with Crippen LogP contribution in [0.5, 0.6) is 11.5 Å². The molecule has 0 unspecified atom stereocenters. The van der Waals surface area contributed by atoms with Gasteiger partial charge in [-0.25, -0.2) is 0 Å². The molecule has 0 amide bonds. The Kier molecular flexibility index (Phi) is 3.92. The molecule has 0 aromatic heterocycles. The Morgan fingerprint density at radius 2 is 1.22 bits per heavy atom. The minimum absolute atomic E-state index is 0.125. The van der Waals surface area contributed by atoms with Gasteiger partial charge in [-0.05, 0) is 24.3 Å². The predicted octanol–water partition coefficient (Wildman–Crippen LogP) is 3.57. The van der Waals surface area contributed by atoms with Crippen molar-refractivity contribution in [1.82, 2.24) is 0 Å². The van der Waals surface area contributed by atoms with E-state index in [-0.39, 0.29) is 21.3 Å². The number of phenols is 2. The summed E-state index contributed by atoms with van der Waals surface area (Å²) >= 11 is 9.81. The number of hydrogen-bond acceptors (Lipinski definition) is 3. The molecule has 0 saturated carbocycles. The second-order valence-corrected chi connectivity index (χ2v) is 5.78. The highest BCUT2D eigenvalue weighted by Gasteiger charge is 2.23. The van der Waals surface area contributed by atoms with Crippen LogP contribution in [0.1, 0.15) is 0 Å². The van der Waals surface area contributed by atoms with Gasteiger partial charge in [0.2, 0.25) is 9.79 Å². The van der Waals surface area contributed by atoms with E-state index in [1.807, 2.05) is 0 Å². The van der Waals surface area contributed by atoms with Gasteiger partial charge in [0.05, 0.1) is 0 Å². The smallest absolute Gasteiger partial charge is 0.201 e. The van der Waals surface area contributed by atoms with Gasteiger partial charge in [-0.3, -0.25) is 0 Å². The van der Waals surface area contributed by atoms with Crippen molar-refractivity contribution in [2.75, 3.05) is 0 Å². The molecule has 94 valence electrons. The third-order valence-corrected chi connectivity index (χ3v) is 4.17. The summed E-state index contributed by atoms with van der Waals surface area (Å²) in [6.45, 7) is 0. The summed E-state index contributed by atoms with van der Waals surface area (Å²) < 4.78 is 12.3. The predicted molar refractivity (Wildman–Crippen MR) is 70.9 cm³/mol. The molecule has 0 saturated heterocycles. The summed E-state index contributed by atoms with van der Waals surface area (Å²) in [5, 5.41) is 20.0. The molecule has 0 radical (unpaired) electrons. The Bertz CT molecular complexity index is 538. The van der Waals surface area contributed by atoms with Crippen molar-refractivity contribution in [3.05, 3.63) is 46.4 Å². The van der Waals surface area contributed by atoms with Gasteiger partial charge in [0.15, 0.2) is 11.5 Å². The molecule has 18 heavy (non-hydrogen) atoms. The molecule has 0 spiro atoms. The molecule has 6 heteroatoms. The van der Waals surface area contributed by atoms with Crippen molar-refractivity contribution >= 4 is 34.4 Å². The molecule has 0 bridgehead atoms. The summed E-state index contributed by atoms with van der Waals surface area (Å²) in [6, 6.07) is 8.42. The highest BCUT2D eigenvalue weighted by Crippen LogP contribution is 2.35. The molecule has 3 nitrogen and oxygen atoms in total. The van der Waals surface area contributed by atoms with Crippen LogP contribution in [0.2, 0.25) is 10.0 Å². The zero-order valence-corrected chi connectivity index (χ0v) is 11.3. The lowest BCUT2D eigenvalue weighted by atomic mass is 10.3. The largest absolute Gasteiger partial charge is 0.606 e.